The van der Waals surface area contributed by atoms with Crippen LogP contribution in [0.15, 0.2) is 51.4 Å². The lowest BCUT2D eigenvalue weighted by Gasteiger charge is -2.19. The zero-order valence-electron chi connectivity index (χ0n) is 10.2. The van der Waals surface area contributed by atoms with Crippen molar-refractivity contribution in [2.45, 2.75) is 17.7 Å². The van der Waals surface area contributed by atoms with Crippen molar-refractivity contribution >= 4 is 47.8 Å². The average Bonchev–Trinajstić information content (AvgIpc) is 2.84. The van der Waals surface area contributed by atoms with E-state index in [0.717, 1.165) is 17.3 Å². The molecule has 19 heavy (non-hydrogen) atoms. The number of benzene rings is 2. The fraction of sp³-hybridized carbons (Fsp3) is 0.250. The molecule has 0 saturated heterocycles. The minimum atomic E-state index is 0.381. The monoisotopic (exact) mass is 442 g/mol. The van der Waals surface area contributed by atoms with Crippen molar-refractivity contribution in [1.82, 2.24) is 0 Å². The largest absolute Gasteiger partial charge is 0.0835 e. The smallest absolute Gasteiger partial charge is 0.0441 e. The molecule has 0 fully saturated rings. The molecule has 0 heterocycles. The summed E-state index contributed by atoms with van der Waals surface area (Å²) in [6.45, 7) is 0. The van der Waals surface area contributed by atoms with E-state index in [1.54, 1.807) is 0 Å². The standard InChI is InChI=1S/C16H13Br3/c17-13-5-6-15(18)14(9-13)16(19)12-7-10-3-1-2-4-11(10)8-12/h1-6,9,12,16H,7-8H2. The zero-order valence-corrected chi connectivity index (χ0v) is 15.0. The number of alkyl halides is 1. The van der Waals surface area contributed by atoms with Gasteiger partial charge in [0.05, 0.1) is 0 Å². The van der Waals surface area contributed by atoms with Gasteiger partial charge in [0.25, 0.3) is 0 Å². The van der Waals surface area contributed by atoms with Crippen LogP contribution in [0.25, 0.3) is 0 Å². The van der Waals surface area contributed by atoms with E-state index in [2.05, 4.69) is 90.3 Å². The zero-order chi connectivity index (χ0) is 13.4. The molecule has 0 saturated carbocycles. The van der Waals surface area contributed by atoms with Gasteiger partial charge in [-0.3, -0.25) is 0 Å². The van der Waals surface area contributed by atoms with Crippen LogP contribution in [0.3, 0.4) is 0 Å². The van der Waals surface area contributed by atoms with Gasteiger partial charge in [0.15, 0.2) is 0 Å². The first-order valence-electron chi connectivity index (χ1n) is 6.31. The second-order valence-electron chi connectivity index (χ2n) is 5.00. The lowest BCUT2D eigenvalue weighted by molar-refractivity contribution is 0.553. The molecule has 3 heteroatoms. The molecule has 0 spiro atoms. The third-order valence-electron chi connectivity index (χ3n) is 3.75. The van der Waals surface area contributed by atoms with Crippen molar-refractivity contribution in [3.63, 3.8) is 0 Å². The Morgan fingerprint density at radius 3 is 2.21 bits per heavy atom. The van der Waals surface area contributed by atoms with E-state index in [-0.39, 0.29) is 0 Å². The maximum atomic E-state index is 3.91. The maximum absolute atomic E-state index is 3.91. The fourth-order valence-corrected chi connectivity index (χ4v) is 4.71. The summed E-state index contributed by atoms with van der Waals surface area (Å²) in [5, 5.41) is 0. The Hall–Kier alpha value is -0.120. The Labute approximate surface area is 139 Å². The van der Waals surface area contributed by atoms with Crippen LogP contribution in [0.5, 0.6) is 0 Å². The van der Waals surface area contributed by atoms with Gasteiger partial charge in [-0.1, -0.05) is 72.1 Å². The Balaban J connectivity index is 1.87. The van der Waals surface area contributed by atoms with E-state index >= 15 is 0 Å². The molecule has 0 amide bonds. The van der Waals surface area contributed by atoms with Crippen molar-refractivity contribution in [2.24, 2.45) is 5.92 Å². The number of rotatable bonds is 2. The molecule has 0 bridgehead atoms. The summed E-state index contributed by atoms with van der Waals surface area (Å²) in [6.07, 6.45) is 2.32. The fourth-order valence-electron chi connectivity index (χ4n) is 2.78. The summed E-state index contributed by atoms with van der Waals surface area (Å²) < 4.78 is 2.30. The number of fused-ring (bicyclic) bond motifs is 1. The Morgan fingerprint density at radius 2 is 1.58 bits per heavy atom. The van der Waals surface area contributed by atoms with E-state index in [0.29, 0.717) is 10.7 Å². The van der Waals surface area contributed by atoms with E-state index in [1.165, 1.54) is 21.2 Å². The molecule has 0 aliphatic heterocycles. The third kappa shape index (κ3) is 2.84. The predicted molar refractivity (Wildman–Crippen MR) is 90.9 cm³/mol. The number of hydrogen-bond acceptors (Lipinski definition) is 0. The Kier molecular flexibility index (Phi) is 4.16. The molecule has 98 valence electrons. The second kappa shape index (κ2) is 5.71. The van der Waals surface area contributed by atoms with Gasteiger partial charge < -0.3 is 0 Å². The first-order valence-corrected chi connectivity index (χ1v) is 8.81. The first kappa shape index (κ1) is 13.8. The molecule has 1 aliphatic carbocycles. The highest BCUT2D eigenvalue weighted by Crippen LogP contribution is 2.43. The van der Waals surface area contributed by atoms with Crippen LogP contribution < -0.4 is 0 Å². The molecule has 2 aromatic carbocycles. The van der Waals surface area contributed by atoms with Crippen molar-refractivity contribution in [3.8, 4) is 0 Å². The van der Waals surface area contributed by atoms with E-state index < -0.39 is 0 Å². The SMILES string of the molecule is Brc1ccc(Br)c(C(Br)C2Cc3ccccc3C2)c1. The molecule has 0 radical (unpaired) electrons. The van der Waals surface area contributed by atoms with Crippen molar-refractivity contribution in [1.29, 1.82) is 0 Å². The van der Waals surface area contributed by atoms with Gasteiger partial charge >= 0.3 is 0 Å². The number of halogens is 3. The summed E-state index contributed by atoms with van der Waals surface area (Å²) in [7, 11) is 0. The normalized spacial score (nSPS) is 16.4. The number of hydrogen-bond donors (Lipinski definition) is 0. The Morgan fingerprint density at radius 1 is 0.947 bits per heavy atom. The predicted octanol–water partition coefficient (Wildman–Crippen LogP) is 6.06. The summed E-state index contributed by atoms with van der Waals surface area (Å²) in [5.74, 6) is 0.628. The van der Waals surface area contributed by atoms with Crippen LogP contribution in [0.2, 0.25) is 0 Å². The minimum Gasteiger partial charge on any atom is -0.0835 e. The highest BCUT2D eigenvalue weighted by atomic mass is 79.9. The summed E-state index contributed by atoms with van der Waals surface area (Å²) in [6, 6.07) is 15.2. The lowest BCUT2D eigenvalue weighted by atomic mass is 9.96. The van der Waals surface area contributed by atoms with Crippen molar-refractivity contribution < 1.29 is 0 Å². The summed E-state index contributed by atoms with van der Waals surface area (Å²) >= 11 is 11.1. The van der Waals surface area contributed by atoms with E-state index in [4.69, 9.17) is 0 Å². The minimum absolute atomic E-state index is 0.381. The van der Waals surface area contributed by atoms with Gasteiger partial charge in [0, 0.05) is 13.8 Å². The summed E-state index contributed by atoms with van der Waals surface area (Å²) in [5.41, 5.74) is 4.33. The third-order valence-corrected chi connectivity index (χ3v) is 6.21. The highest BCUT2D eigenvalue weighted by molar-refractivity contribution is 9.11. The molecule has 0 aromatic heterocycles. The topological polar surface area (TPSA) is 0 Å². The summed E-state index contributed by atoms with van der Waals surface area (Å²) in [4.78, 5) is 0.381. The molecule has 0 N–H and O–H groups in total. The van der Waals surface area contributed by atoms with Crippen LogP contribution >= 0.6 is 47.8 Å². The average molecular weight is 445 g/mol. The van der Waals surface area contributed by atoms with Gasteiger partial charge in [-0.2, -0.15) is 0 Å². The van der Waals surface area contributed by atoms with Gasteiger partial charge in [0.1, 0.15) is 0 Å². The van der Waals surface area contributed by atoms with Crippen LogP contribution in [0.1, 0.15) is 21.5 Å². The molecule has 1 aliphatic rings. The molecule has 2 aromatic rings. The van der Waals surface area contributed by atoms with Crippen LogP contribution in [0.4, 0.5) is 0 Å². The van der Waals surface area contributed by atoms with Gasteiger partial charge in [-0.05, 0) is 53.6 Å². The molecular formula is C16H13Br3. The van der Waals surface area contributed by atoms with Crippen LogP contribution in [0, 0.1) is 5.92 Å². The quantitative estimate of drug-likeness (QED) is 0.494. The van der Waals surface area contributed by atoms with Crippen molar-refractivity contribution in [3.05, 3.63) is 68.1 Å². The van der Waals surface area contributed by atoms with E-state index in [9.17, 15) is 0 Å². The lowest BCUT2D eigenvalue weighted by Crippen LogP contribution is -2.08. The van der Waals surface area contributed by atoms with E-state index in [1.807, 2.05) is 0 Å². The molecular weight excluding hydrogens is 432 g/mol. The van der Waals surface area contributed by atoms with Gasteiger partial charge in [0.2, 0.25) is 0 Å². The maximum Gasteiger partial charge on any atom is 0.0441 e. The first-order chi connectivity index (χ1) is 9.15. The van der Waals surface area contributed by atoms with Crippen LogP contribution in [-0.2, 0) is 12.8 Å². The Bertz CT molecular complexity index is 582. The second-order valence-corrected chi connectivity index (χ2v) is 7.76. The molecule has 1 unspecified atom stereocenters. The molecule has 3 rings (SSSR count). The highest BCUT2D eigenvalue weighted by Gasteiger charge is 2.28. The molecule has 1 atom stereocenters. The van der Waals surface area contributed by atoms with Gasteiger partial charge in [-0.15, -0.1) is 0 Å². The van der Waals surface area contributed by atoms with Crippen LogP contribution in [-0.4, -0.2) is 0 Å². The van der Waals surface area contributed by atoms with Crippen molar-refractivity contribution in [2.75, 3.05) is 0 Å². The molecule has 0 nitrogen and oxygen atoms in total. The van der Waals surface area contributed by atoms with Gasteiger partial charge in [-0.25, -0.2) is 0 Å².